The molecule has 0 fully saturated rings. The molecule has 2 N–H and O–H groups in total. The topological polar surface area (TPSA) is 44.5 Å². The van der Waals surface area contributed by atoms with Crippen molar-refractivity contribution in [1.29, 1.82) is 0 Å². The second-order valence-corrected chi connectivity index (χ2v) is 2.72. The molecule has 74 valence electrons. The minimum absolute atomic E-state index is 0.593. The molecule has 0 bridgehead atoms. The van der Waals surface area contributed by atoms with E-state index in [0.717, 1.165) is 13.0 Å². The van der Waals surface area contributed by atoms with Gasteiger partial charge in [0.2, 0.25) is 0 Å². The van der Waals surface area contributed by atoms with E-state index in [1.165, 1.54) is 12.8 Å². The Morgan fingerprint density at radius 1 is 0.917 bits per heavy atom. The van der Waals surface area contributed by atoms with E-state index in [9.17, 15) is 0 Å². The zero-order valence-electron chi connectivity index (χ0n) is 8.05. The van der Waals surface area contributed by atoms with Crippen LogP contribution in [0.3, 0.4) is 0 Å². The van der Waals surface area contributed by atoms with Crippen LogP contribution in [0.5, 0.6) is 0 Å². The molecule has 0 radical (unpaired) electrons. The summed E-state index contributed by atoms with van der Waals surface area (Å²) in [5.74, 6) is 0. The lowest BCUT2D eigenvalue weighted by molar-refractivity contribution is 0.0493. The van der Waals surface area contributed by atoms with E-state index >= 15 is 0 Å². The van der Waals surface area contributed by atoms with Crippen LogP contribution in [0.2, 0.25) is 0 Å². The Morgan fingerprint density at radius 3 is 2.17 bits per heavy atom. The Balaban J connectivity index is 2.73. The summed E-state index contributed by atoms with van der Waals surface area (Å²) < 4.78 is 10.5. The Labute approximate surface area is 75.2 Å². The highest BCUT2D eigenvalue weighted by Crippen LogP contribution is 1.93. The highest BCUT2D eigenvalue weighted by molar-refractivity contribution is 4.37. The van der Waals surface area contributed by atoms with Gasteiger partial charge in [-0.05, 0) is 6.42 Å². The molecule has 0 spiro atoms. The van der Waals surface area contributed by atoms with Crippen molar-refractivity contribution in [3.05, 3.63) is 0 Å². The highest BCUT2D eigenvalue weighted by Gasteiger charge is 1.88. The third-order valence-corrected chi connectivity index (χ3v) is 1.53. The first-order chi connectivity index (χ1) is 5.91. The van der Waals surface area contributed by atoms with Crippen LogP contribution in [0.4, 0.5) is 0 Å². The fourth-order valence-corrected chi connectivity index (χ4v) is 0.859. The van der Waals surface area contributed by atoms with Crippen molar-refractivity contribution in [2.45, 2.75) is 26.2 Å². The van der Waals surface area contributed by atoms with E-state index in [4.69, 9.17) is 15.2 Å². The number of hydrogen-bond donors (Lipinski definition) is 1. The van der Waals surface area contributed by atoms with E-state index in [-0.39, 0.29) is 0 Å². The lowest BCUT2D eigenvalue weighted by Crippen LogP contribution is -2.12. The first-order valence-corrected chi connectivity index (χ1v) is 4.77. The zero-order valence-corrected chi connectivity index (χ0v) is 8.05. The fourth-order valence-electron chi connectivity index (χ4n) is 0.859. The molecule has 0 aliphatic rings. The minimum Gasteiger partial charge on any atom is -0.379 e. The molecule has 3 heteroatoms. The number of unbranched alkanes of at least 4 members (excludes halogenated alkanes) is 2. The second-order valence-electron chi connectivity index (χ2n) is 2.72. The summed E-state index contributed by atoms with van der Waals surface area (Å²) in [6, 6.07) is 0. The first kappa shape index (κ1) is 11.9. The fraction of sp³-hybridized carbons (Fsp3) is 1.00. The Bertz CT molecular complexity index is 68.9. The van der Waals surface area contributed by atoms with Crippen molar-refractivity contribution in [3.63, 3.8) is 0 Å². The maximum Gasteiger partial charge on any atom is 0.0701 e. The highest BCUT2D eigenvalue weighted by atomic mass is 16.5. The van der Waals surface area contributed by atoms with Gasteiger partial charge in [-0.3, -0.25) is 0 Å². The van der Waals surface area contributed by atoms with Crippen LogP contribution < -0.4 is 5.73 Å². The summed E-state index contributed by atoms with van der Waals surface area (Å²) >= 11 is 0. The second kappa shape index (κ2) is 10.9. The zero-order chi connectivity index (χ0) is 9.07. The van der Waals surface area contributed by atoms with Gasteiger partial charge in [0.05, 0.1) is 19.8 Å². The average molecular weight is 175 g/mol. The molecule has 0 saturated heterocycles. The first-order valence-electron chi connectivity index (χ1n) is 4.77. The molecule has 12 heavy (non-hydrogen) atoms. The normalized spacial score (nSPS) is 10.5. The number of nitrogens with two attached hydrogens (primary N) is 1. The Hall–Kier alpha value is -0.120. The summed E-state index contributed by atoms with van der Waals surface area (Å²) in [7, 11) is 0. The summed E-state index contributed by atoms with van der Waals surface area (Å²) in [6.45, 7) is 5.64. The summed E-state index contributed by atoms with van der Waals surface area (Å²) in [6.07, 6.45) is 3.66. The largest absolute Gasteiger partial charge is 0.379 e. The van der Waals surface area contributed by atoms with Crippen LogP contribution in [-0.2, 0) is 9.47 Å². The number of hydrogen-bond acceptors (Lipinski definition) is 3. The molecule has 0 heterocycles. The lowest BCUT2D eigenvalue weighted by Gasteiger charge is -2.03. The van der Waals surface area contributed by atoms with Crippen molar-refractivity contribution in [1.82, 2.24) is 0 Å². The van der Waals surface area contributed by atoms with E-state index in [2.05, 4.69) is 6.92 Å². The molecule has 0 aliphatic heterocycles. The van der Waals surface area contributed by atoms with E-state index in [1.54, 1.807) is 0 Å². The molecule has 0 atom stereocenters. The van der Waals surface area contributed by atoms with Crippen LogP contribution in [0, 0.1) is 0 Å². The van der Waals surface area contributed by atoms with Crippen molar-refractivity contribution in [2.24, 2.45) is 5.73 Å². The van der Waals surface area contributed by atoms with Gasteiger partial charge in [0.15, 0.2) is 0 Å². The average Bonchev–Trinajstić information content (AvgIpc) is 2.10. The summed E-state index contributed by atoms with van der Waals surface area (Å²) in [4.78, 5) is 0. The molecule has 0 aliphatic carbocycles. The summed E-state index contributed by atoms with van der Waals surface area (Å²) in [5, 5.41) is 0. The molecule has 0 aromatic carbocycles. The molecule has 0 unspecified atom stereocenters. The van der Waals surface area contributed by atoms with Gasteiger partial charge in [-0.1, -0.05) is 19.8 Å². The predicted octanol–water partition coefficient (Wildman–Crippen LogP) is 1.17. The van der Waals surface area contributed by atoms with Crippen LogP contribution in [-0.4, -0.2) is 33.0 Å². The molecular formula is C9H21NO2. The van der Waals surface area contributed by atoms with Gasteiger partial charge >= 0.3 is 0 Å². The van der Waals surface area contributed by atoms with Crippen molar-refractivity contribution in [2.75, 3.05) is 33.0 Å². The monoisotopic (exact) mass is 175 g/mol. The number of rotatable bonds is 9. The molecule has 0 aromatic heterocycles. The van der Waals surface area contributed by atoms with Gasteiger partial charge in [-0.25, -0.2) is 0 Å². The van der Waals surface area contributed by atoms with E-state index in [1.807, 2.05) is 0 Å². The standard InChI is InChI=1S/C9H21NO2/c1-2-3-4-6-11-8-9-12-7-5-10/h2-10H2,1H3. The van der Waals surface area contributed by atoms with Crippen molar-refractivity contribution in [3.8, 4) is 0 Å². The molecule has 3 nitrogen and oxygen atoms in total. The lowest BCUT2D eigenvalue weighted by atomic mass is 10.3. The van der Waals surface area contributed by atoms with Gasteiger partial charge in [-0.15, -0.1) is 0 Å². The van der Waals surface area contributed by atoms with E-state index in [0.29, 0.717) is 26.4 Å². The van der Waals surface area contributed by atoms with Crippen LogP contribution in [0.25, 0.3) is 0 Å². The molecular weight excluding hydrogens is 154 g/mol. The third-order valence-electron chi connectivity index (χ3n) is 1.53. The molecule has 0 rings (SSSR count). The van der Waals surface area contributed by atoms with Crippen LogP contribution >= 0.6 is 0 Å². The van der Waals surface area contributed by atoms with Crippen molar-refractivity contribution >= 4 is 0 Å². The smallest absolute Gasteiger partial charge is 0.0701 e. The maximum atomic E-state index is 5.32. The van der Waals surface area contributed by atoms with Crippen LogP contribution in [0.15, 0.2) is 0 Å². The van der Waals surface area contributed by atoms with Gasteiger partial charge in [0.1, 0.15) is 0 Å². The molecule has 0 amide bonds. The maximum absolute atomic E-state index is 5.32. The summed E-state index contributed by atoms with van der Waals surface area (Å²) in [5.41, 5.74) is 5.24. The van der Waals surface area contributed by atoms with Gasteiger partial charge < -0.3 is 15.2 Å². The molecule has 0 aromatic rings. The van der Waals surface area contributed by atoms with Crippen molar-refractivity contribution < 1.29 is 9.47 Å². The third kappa shape index (κ3) is 9.88. The minimum atomic E-state index is 0.593. The van der Waals surface area contributed by atoms with Gasteiger partial charge in [0.25, 0.3) is 0 Å². The predicted molar refractivity (Wildman–Crippen MR) is 50.2 cm³/mol. The molecule has 0 saturated carbocycles. The van der Waals surface area contributed by atoms with Gasteiger partial charge in [0, 0.05) is 13.2 Å². The van der Waals surface area contributed by atoms with Gasteiger partial charge in [-0.2, -0.15) is 0 Å². The van der Waals surface area contributed by atoms with Crippen LogP contribution in [0.1, 0.15) is 26.2 Å². The Kier molecular flexibility index (Phi) is 10.8. The quantitative estimate of drug-likeness (QED) is 0.535. The van der Waals surface area contributed by atoms with E-state index < -0.39 is 0 Å². The number of ether oxygens (including phenoxy) is 2. The Morgan fingerprint density at radius 2 is 1.58 bits per heavy atom. The SMILES string of the molecule is CCCCCOCCOCCN.